The van der Waals surface area contributed by atoms with Crippen molar-refractivity contribution < 1.29 is 18.0 Å². The third-order valence-corrected chi connectivity index (χ3v) is 4.09. The van der Waals surface area contributed by atoms with Crippen LogP contribution in [0.25, 0.3) is 0 Å². The van der Waals surface area contributed by atoms with Crippen LogP contribution in [0.3, 0.4) is 0 Å². The molecule has 1 amide bonds. The van der Waals surface area contributed by atoms with Gasteiger partial charge in [0.05, 0.1) is 23.6 Å². The maximum absolute atomic E-state index is 12.3. The molecule has 1 aliphatic rings. The minimum atomic E-state index is -4.39. The number of hydrogen-bond donors (Lipinski definition) is 1. The van der Waals surface area contributed by atoms with E-state index in [4.69, 9.17) is 0 Å². The molecule has 3 rings (SSSR count). The van der Waals surface area contributed by atoms with Crippen molar-refractivity contribution in [1.82, 2.24) is 19.7 Å². The van der Waals surface area contributed by atoms with E-state index in [1.54, 1.807) is 12.3 Å². The second-order valence-corrected chi connectivity index (χ2v) is 6.19. The molecular weight excluding hydrogens is 349 g/mol. The molecule has 1 fully saturated rings. The molecule has 0 atom stereocenters. The van der Waals surface area contributed by atoms with Crippen LogP contribution in [0.15, 0.2) is 30.7 Å². The van der Waals surface area contributed by atoms with Crippen LogP contribution in [0.5, 0.6) is 0 Å². The van der Waals surface area contributed by atoms with Crippen molar-refractivity contribution in [2.75, 3.05) is 43.4 Å². The highest BCUT2D eigenvalue weighted by Gasteiger charge is 2.28. The fourth-order valence-corrected chi connectivity index (χ4v) is 2.65. The summed E-state index contributed by atoms with van der Waals surface area (Å²) >= 11 is 0. The van der Waals surface area contributed by atoms with Crippen LogP contribution in [0, 0.1) is 0 Å². The van der Waals surface area contributed by atoms with Gasteiger partial charge in [0.2, 0.25) is 0 Å². The molecule has 0 aromatic carbocycles. The molecule has 1 N–H and O–H groups in total. The van der Waals surface area contributed by atoms with E-state index in [-0.39, 0.29) is 5.56 Å². The standard InChI is InChI=1S/C16H19F3N6O/c1-23-4-6-24(7-5-23)13-2-3-14(20-9-13)22-15(26)12-8-21-25(10-12)11-16(17,18)19/h2-3,8-10H,4-7,11H2,1H3,(H,20,22,26). The predicted molar refractivity (Wildman–Crippen MR) is 90.2 cm³/mol. The summed E-state index contributed by atoms with van der Waals surface area (Å²) in [6.07, 6.45) is -0.560. The highest BCUT2D eigenvalue weighted by atomic mass is 19.4. The number of pyridine rings is 1. The van der Waals surface area contributed by atoms with Crippen LogP contribution in [-0.2, 0) is 6.54 Å². The Morgan fingerprint density at radius 1 is 1.19 bits per heavy atom. The zero-order valence-corrected chi connectivity index (χ0v) is 14.2. The van der Waals surface area contributed by atoms with Gasteiger partial charge in [-0.1, -0.05) is 0 Å². The summed E-state index contributed by atoms with van der Waals surface area (Å²) in [5.74, 6) is -0.227. The summed E-state index contributed by atoms with van der Waals surface area (Å²) in [5, 5.41) is 6.11. The van der Waals surface area contributed by atoms with Crippen molar-refractivity contribution in [2.24, 2.45) is 0 Å². The van der Waals surface area contributed by atoms with Gasteiger partial charge in [-0.2, -0.15) is 18.3 Å². The first-order valence-electron chi connectivity index (χ1n) is 8.10. The van der Waals surface area contributed by atoms with Gasteiger partial charge >= 0.3 is 6.18 Å². The van der Waals surface area contributed by atoms with Crippen molar-refractivity contribution in [3.8, 4) is 0 Å². The molecule has 0 spiro atoms. The largest absolute Gasteiger partial charge is 0.408 e. The van der Waals surface area contributed by atoms with Gasteiger partial charge in [-0.05, 0) is 19.2 Å². The molecule has 0 aliphatic carbocycles. The maximum atomic E-state index is 12.3. The summed E-state index contributed by atoms with van der Waals surface area (Å²) in [4.78, 5) is 20.8. The maximum Gasteiger partial charge on any atom is 0.408 e. The van der Waals surface area contributed by atoms with Gasteiger partial charge in [0.25, 0.3) is 5.91 Å². The smallest absolute Gasteiger partial charge is 0.368 e. The Morgan fingerprint density at radius 3 is 2.54 bits per heavy atom. The lowest BCUT2D eigenvalue weighted by Gasteiger charge is -2.33. The third-order valence-electron chi connectivity index (χ3n) is 4.09. The second-order valence-electron chi connectivity index (χ2n) is 6.19. The van der Waals surface area contributed by atoms with Crippen LogP contribution < -0.4 is 10.2 Å². The monoisotopic (exact) mass is 368 g/mol. The lowest BCUT2D eigenvalue weighted by molar-refractivity contribution is -0.142. The van der Waals surface area contributed by atoms with E-state index in [0.717, 1.165) is 44.3 Å². The number of nitrogens with one attached hydrogen (secondary N) is 1. The Bertz CT molecular complexity index is 750. The van der Waals surface area contributed by atoms with Gasteiger partial charge in [-0.15, -0.1) is 0 Å². The molecule has 1 aliphatic heterocycles. The summed E-state index contributed by atoms with van der Waals surface area (Å²) in [6.45, 7) is 2.52. The summed E-state index contributed by atoms with van der Waals surface area (Å²) in [7, 11) is 2.07. The van der Waals surface area contributed by atoms with Crippen molar-refractivity contribution in [2.45, 2.75) is 12.7 Å². The van der Waals surface area contributed by atoms with Crippen molar-refractivity contribution >= 4 is 17.4 Å². The van der Waals surface area contributed by atoms with Crippen LogP contribution in [-0.4, -0.2) is 65.0 Å². The van der Waals surface area contributed by atoms with Crippen LogP contribution in [0.4, 0.5) is 24.7 Å². The van der Waals surface area contributed by atoms with Crippen LogP contribution in [0.1, 0.15) is 10.4 Å². The number of carbonyl (C=O) groups excluding carboxylic acids is 1. The molecule has 1 saturated heterocycles. The highest BCUT2D eigenvalue weighted by molar-refractivity contribution is 6.03. The number of aromatic nitrogens is 3. The van der Waals surface area contributed by atoms with Crippen molar-refractivity contribution in [3.63, 3.8) is 0 Å². The minimum Gasteiger partial charge on any atom is -0.368 e. The lowest BCUT2D eigenvalue weighted by atomic mass is 10.3. The quantitative estimate of drug-likeness (QED) is 0.892. The van der Waals surface area contributed by atoms with Gasteiger partial charge in [0.1, 0.15) is 12.4 Å². The Kier molecular flexibility index (Phi) is 5.12. The van der Waals surface area contributed by atoms with Crippen LogP contribution >= 0.6 is 0 Å². The molecule has 3 heterocycles. The SMILES string of the molecule is CN1CCN(c2ccc(NC(=O)c3cnn(CC(F)(F)F)c3)nc2)CC1. The number of likely N-dealkylation sites (N-methyl/N-ethyl adjacent to an activating group) is 1. The van der Waals surface area contributed by atoms with E-state index >= 15 is 0 Å². The Hall–Kier alpha value is -2.62. The second kappa shape index (κ2) is 7.32. The van der Waals surface area contributed by atoms with E-state index in [1.807, 2.05) is 6.07 Å². The molecule has 0 unspecified atom stereocenters. The predicted octanol–water partition coefficient (Wildman–Crippen LogP) is 1.84. The molecule has 2 aromatic rings. The van der Waals surface area contributed by atoms with Gasteiger partial charge in [0, 0.05) is 32.4 Å². The molecule has 0 radical (unpaired) electrons. The number of carbonyl (C=O) groups is 1. The first kappa shape index (κ1) is 18.2. The summed E-state index contributed by atoms with van der Waals surface area (Å²) in [6, 6.07) is 3.53. The fraction of sp³-hybridized carbons (Fsp3) is 0.438. The number of alkyl halides is 3. The Labute approximate surface area is 148 Å². The van der Waals surface area contributed by atoms with E-state index in [2.05, 4.69) is 32.2 Å². The lowest BCUT2D eigenvalue weighted by Crippen LogP contribution is -2.44. The van der Waals surface area contributed by atoms with E-state index in [0.29, 0.717) is 10.5 Å². The van der Waals surface area contributed by atoms with Gasteiger partial charge in [-0.25, -0.2) is 4.98 Å². The molecule has 10 heteroatoms. The zero-order valence-electron chi connectivity index (χ0n) is 14.2. The van der Waals surface area contributed by atoms with E-state index < -0.39 is 18.6 Å². The topological polar surface area (TPSA) is 66.3 Å². The number of anilines is 2. The minimum absolute atomic E-state index is 0.0409. The first-order chi connectivity index (χ1) is 12.3. The average Bonchev–Trinajstić information content (AvgIpc) is 3.03. The number of hydrogen-bond acceptors (Lipinski definition) is 5. The number of piperazine rings is 1. The van der Waals surface area contributed by atoms with Crippen LogP contribution in [0.2, 0.25) is 0 Å². The zero-order chi connectivity index (χ0) is 18.7. The molecule has 26 heavy (non-hydrogen) atoms. The summed E-state index contributed by atoms with van der Waals surface area (Å²) < 4.78 is 37.7. The number of rotatable bonds is 4. The molecule has 2 aromatic heterocycles. The van der Waals surface area contributed by atoms with E-state index in [1.165, 1.54) is 0 Å². The Morgan fingerprint density at radius 2 is 1.92 bits per heavy atom. The third kappa shape index (κ3) is 4.72. The number of nitrogens with zero attached hydrogens (tertiary/aromatic N) is 5. The van der Waals surface area contributed by atoms with Crippen molar-refractivity contribution in [3.05, 3.63) is 36.3 Å². The Balaban J connectivity index is 1.59. The average molecular weight is 368 g/mol. The molecule has 7 nitrogen and oxygen atoms in total. The van der Waals surface area contributed by atoms with Gasteiger partial charge in [0.15, 0.2) is 0 Å². The highest BCUT2D eigenvalue weighted by Crippen LogP contribution is 2.19. The van der Waals surface area contributed by atoms with E-state index in [9.17, 15) is 18.0 Å². The molecular formula is C16H19F3N6O. The van der Waals surface area contributed by atoms with Crippen molar-refractivity contribution in [1.29, 1.82) is 0 Å². The molecule has 0 saturated carbocycles. The summed E-state index contributed by atoms with van der Waals surface area (Å²) in [5.41, 5.74) is 1.01. The van der Waals surface area contributed by atoms with Gasteiger partial charge < -0.3 is 15.1 Å². The normalized spacial score (nSPS) is 15.9. The van der Waals surface area contributed by atoms with Gasteiger partial charge in [-0.3, -0.25) is 9.48 Å². The molecule has 140 valence electrons. The fourth-order valence-electron chi connectivity index (χ4n) is 2.65. The first-order valence-corrected chi connectivity index (χ1v) is 8.10. The number of halogens is 3. The molecule has 0 bridgehead atoms. The number of amides is 1.